The molecule has 1 atom stereocenters. The van der Waals surface area contributed by atoms with Gasteiger partial charge in [-0.25, -0.2) is 0 Å². The molecular formula is C10H11NOS. The SMILES string of the molecule is CC(O)CSc1ccccc1C#N. The number of nitriles is 1. The van der Waals surface area contributed by atoms with Crippen LogP contribution >= 0.6 is 11.8 Å². The summed E-state index contributed by atoms with van der Waals surface area (Å²) in [5, 5.41) is 17.8. The molecule has 2 nitrogen and oxygen atoms in total. The summed E-state index contributed by atoms with van der Waals surface area (Å²) in [4.78, 5) is 0.936. The van der Waals surface area contributed by atoms with Crippen LogP contribution in [0.4, 0.5) is 0 Å². The van der Waals surface area contributed by atoms with E-state index >= 15 is 0 Å². The van der Waals surface area contributed by atoms with Crippen LogP contribution in [0.5, 0.6) is 0 Å². The quantitative estimate of drug-likeness (QED) is 0.747. The summed E-state index contributed by atoms with van der Waals surface area (Å²) in [5.74, 6) is 0.624. The molecular weight excluding hydrogens is 182 g/mol. The van der Waals surface area contributed by atoms with Gasteiger partial charge in [0.2, 0.25) is 0 Å². The second-order valence-electron chi connectivity index (χ2n) is 2.77. The molecule has 68 valence electrons. The van der Waals surface area contributed by atoms with Crippen molar-refractivity contribution in [3.05, 3.63) is 29.8 Å². The van der Waals surface area contributed by atoms with E-state index in [1.807, 2.05) is 18.2 Å². The van der Waals surface area contributed by atoms with Crippen molar-refractivity contribution in [3.63, 3.8) is 0 Å². The van der Waals surface area contributed by atoms with Gasteiger partial charge in [-0.05, 0) is 19.1 Å². The molecule has 13 heavy (non-hydrogen) atoms. The Kier molecular flexibility index (Phi) is 3.81. The van der Waals surface area contributed by atoms with Gasteiger partial charge in [-0.3, -0.25) is 0 Å². The summed E-state index contributed by atoms with van der Waals surface area (Å²) in [6.07, 6.45) is -0.336. The zero-order valence-electron chi connectivity index (χ0n) is 7.40. The minimum atomic E-state index is -0.336. The molecule has 0 saturated carbocycles. The first kappa shape index (κ1) is 10.1. The van der Waals surface area contributed by atoms with E-state index in [0.29, 0.717) is 11.3 Å². The van der Waals surface area contributed by atoms with Gasteiger partial charge in [0.25, 0.3) is 0 Å². The Labute approximate surface area is 82.2 Å². The molecule has 1 unspecified atom stereocenters. The van der Waals surface area contributed by atoms with E-state index < -0.39 is 0 Å². The number of hydrogen-bond donors (Lipinski definition) is 1. The van der Waals surface area contributed by atoms with Crippen LogP contribution in [0, 0.1) is 11.3 Å². The van der Waals surface area contributed by atoms with Crippen molar-refractivity contribution in [3.8, 4) is 6.07 Å². The lowest BCUT2D eigenvalue weighted by Gasteiger charge is -2.04. The maximum Gasteiger partial charge on any atom is 0.100 e. The molecule has 0 bridgehead atoms. The highest BCUT2D eigenvalue weighted by Crippen LogP contribution is 2.22. The average Bonchev–Trinajstić information content (AvgIpc) is 2.15. The lowest BCUT2D eigenvalue weighted by atomic mass is 10.2. The number of aliphatic hydroxyl groups excluding tert-OH is 1. The van der Waals surface area contributed by atoms with E-state index in [0.717, 1.165) is 4.90 Å². The predicted octanol–water partition coefficient (Wildman–Crippen LogP) is 2.03. The maximum absolute atomic E-state index is 9.07. The predicted molar refractivity (Wildman–Crippen MR) is 53.6 cm³/mol. The normalized spacial score (nSPS) is 12.1. The average molecular weight is 193 g/mol. The summed E-state index contributed by atoms with van der Waals surface area (Å²) >= 11 is 1.51. The van der Waals surface area contributed by atoms with Crippen LogP contribution in [0.1, 0.15) is 12.5 Å². The second-order valence-corrected chi connectivity index (χ2v) is 3.83. The number of aliphatic hydroxyl groups is 1. The molecule has 0 heterocycles. The maximum atomic E-state index is 9.07. The van der Waals surface area contributed by atoms with Gasteiger partial charge in [-0.1, -0.05) is 12.1 Å². The van der Waals surface area contributed by atoms with Crippen molar-refractivity contribution in [2.24, 2.45) is 0 Å². The molecule has 0 saturated heterocycles. The molecule has 0 amide bonds. The molecule has 1 aromatic carbocycles. The lowest BCUT2D eigenvalue weighted by Crippen LogP contribution is -2.02. The monoisotopic (exact) mass is 193 g/mol. The van der Waals surface area contributed by atoms with Gasteiger partial charge >= 0.3 is 0 Å². The summed E-state index contributed by atoms with van der Waals surface area (Å²) in [6, 6.07) is 9.53. The first-order valence-electron chi connectivity index (χ1n) is 4.04. The number of rotatable bonds is 3. The first-order chi connectivity index (χ1) is 6.24. The van der Waals surface area contributed by atoms with Crippen LogP contribution in [0.3, 0.4) is 0 Å². The third-order valence-corrected chi connectivity index (χ3v) is 2.80. The van der Waals surface area contributed by atoms with Crippen molar-refractivity contribution < 1.29 is 5.11 Å². The number of benzene rings is 1. The Morgan fingerprint density at radius 2 is 2.23 bits per heavy atom. The molecule has 0 aliphatic rings. The van der Waals surface area contributed by atoms with Crippen LogP contribution < -0.4 is 0 Å². The Morgan fingerprint density at radius 1 is 1.54 bits per heavy atom. The Balaban J connectivity index is 2.71. The van der Waals surface area contributed by atoms with Crippen LogP contribution in [0.2, 0.25) is 0 Å². The van der Waals surface area contributed by atoms with E-state index in [2.05, 4.69) is 6.07 Å². The van der Waals surface area contributed by atoms with Gasteiger partial charge < -0.3 is 5.11 Å². The number of hydrogen-bond acceptors (Lipinski definition) is 3. The Hall–Kier alpha value is -0.980. The number of thioether (sulfide) groups is 1. The molecule has 0 aliphatic carbocycles. The Morgan fingerprint density at radius 3 is 2.85 bits per heavy atom. The van der Waals surface area contributed by atoms with Crippen LogP contribution in [-0.4, -0.2) is 17.0 Å². The van der Waals surface area contributed by atoms with Crippen molar-refractivity contribution >= 4 is 11.8 Å². The van der Waals surface area contributed by atoms with E-state index in [9.17, 15) is 0 Å². The zero-order valence-corrected chi connectivity index (χ0v) is 8.21. The van der Waals surface area contributed by atoms with Gasteiger partial charge in [0.05, 0.1) is 11.7 Å². The van der Waals surface area contributed by atoms with Crippen LogP contribution in [-0.2, 0) is 0 Å². The highest BCUT2D eigenvalue weighted by atomic mass is 32.2. The van der Waals surface area contributed by atoms with Gasteiger partial charge in [0, 0.05) is 10.6 Å². The van der Waals surface area contributed by atoms with Crippen molar-refractivity contribution in [2.45, 2.75) is 17.9 Å². The fourth-order valence-electron chi connectivity index (χ4n) is 0.895. The molecule has 0 fully saturated rings. The minimum absolute atomic E-state index is 0.336. The van der Waals surface area contributed by atoms with Crippen molar-refractivity contribution in [2.75, 3.05) is 5.75 Å². The fraction of sp³-hybridized carbons (Fsp3) is 0.300. The van der Waals surface area contributed by atoms with Crippen molar-refractivity contribution in [1.82, 2.24) is 0 Å². The largest absolute Gasteiger partial charge is 0.393 e. The zero-order chi connectivity index (χ0) is 9.68. The summed E-state index contributed by atoms with van der Waals surface area (Å²) in [7, 11) is 0. The molecule has 0 spiro atoms. The molecule has 1 rings (SSSR count). The van der Waals surface area contributed by atoms with Crippen LogP contribution in [0.15, 0.2) is 29.2 Å². The third kappa shape index (κ3) is 3.10. The summed E-state index contributed by atoms with van der Waals surface area (Å²) in [5.41, 5.74) is 0.674. The highest BCUT2D eigenvalue weighted by molar-refractivity contribution is 7.99. The van der Waals surface area contributed by atoms with E-state index in [1.165, 1.54) is 11.8 Å². The highest BCUT2D eigenvalue weighted by Gasteiger charge is 2.02. The van der Waals surface area contributed by atoms with Gasteiger partial charge in [0.15, 0.2) is 0 Å². The smallest absolute Gasteiger partial charge is 0.100 e. The van der Waals surface area contributed by atoms with Crippen molar-refractivity contribution in [1.29, 1.82) is 5.26 Å². The third-order valence-electron chi connectivity index (χ3n) is 1.49. The van der Waals surface area contributed by atoms with E-state index in [1.54, 1.807) is 13.0 Å². The number of nitrogens with zero attached hydrogens (tertiary/aromatic N) is 1. The fourth-order valence-corrected chi connectivity index (χ4v) is 1.76. The second kappa shape index (κ2) is 4.90. The van der Waals surface area contributed by atoms with Gasteiger partial charge in [-0.2, -0.15) is 5.26 Å². The van der Waals surface area contributed by atoms with Gasteiger partial charge in [-0.15, -0.1) is 11.8 Å². The molecule has 0 radical (unpaired) electrons. The minimum Gasteiger partial charge on any atom is -0.393 e. The van der Waals surface area contributed by atoms with Gasteiger partial charge in [0.1, 0.15) is 6.07 Å². The van der Waals surface area contributed by atoms with Crippen LogP contribution in [0.25, 0.3) is 0 Å². The molecule has 3 heteroatoms. The van der Waals surface area contributed by atoms with E-state index in [-0.39, 0.29) is 6.10 Å². The topological polar surface area (TPSA) is 44.0 Å². The first-order valence-corrected chi connectivity index (χ1v) is 5.02. The molecule has 1 aromatic rings. The molecule has 0 aliphatic heterocycles. The Bertz CT molecular complexity index is 317. The summed E-state index contributed by atoms with van der Waals surface area (Å²) < 4.78 is 0. The standard InChI is InChI=1S/C10H11NOS/c1-8(12)7-13-10-5-3-2-4-9(10)6-11/h2-5,8,12H,7H2,1H3. The summed E-state index contributed by atoms with van der Waals surface area (Å²) in [6.45, 7) is 1.74. The lowest BCUT2D eigenvalue weighted by molar-refractivity contribution is 0.220. The van der Waals surface area contributed by atoms with E-state index in [4.69, 9.17) is 10.4 Å². The molecule has 1 N–H and O–H groups in total. The molecule has 0 aromatic heterocycles.